The number of aliphatic hydroxyl groups excluding tert-OH is 1. The molecule has 1 aromatic carbocycles. The van der Waals surface area contributed by atoms with Crippen LogP contribution in [-0.2, 0) is 14.4 Å². The van der Waals surface area contributed by atoms with E-state index in [1.165, 1.54) is 37.8 Å². The molecule has 2 bridgehead atoms. The van der Waals surface area contributed by atoms with Gasteiger partial charge in [-0.3, -0.25) is 19.7 Å². The molecule has 0 spiro atoms. The van der Waals surface area contributed by atoms with E-state index in [2.05, 4.69) is 28.4 Å². The van der Waals surface area contributed by atoms with Crippen molar-refractivity contribution < 1.29 is 28.7 Å². The monoisotopic (exact) mass is 552 g/mol. The zero-order valence-electron chi connectivity index (χ0n) is 21.8. The summed E-state index contributed by atoms with van der Waals surface area (Å²) in [6.45, 7) is 1.75. The highest BCUT2D eigenvalue weighted by atomic mass is 35.5. The highest BCUT2D eigenvalue weighted by molar-refractivity contribution is 6.30. The molecular formula is C27H38ClFN4O5. The second-order valence-corrected chi connectivity index (χ2v) is 12.1. The maximum atomic E-state index is 13.6. The molecule has 1 saturated heterocycles. The largest absolute Gasteiger partial charge is 0.484 e. The van der Waals surface area contributed by atoms with Crippen molar-refractivity contribution in [2.75, 3.05) is 6.61 Å². The number of hydroxylamine groups is 1. The number of ether oxygens (including phenoxy) is 1. The minimum Gasteiger partial charge on any atom is -0.484 e. The Morgan fingerprint density at radius 2 is 1.87 bits per heavy atom. The van der Waals surface area contributed by atoms with Gasteiger partial charge >= 0.3 is 0 Å². The molecular weight excluding hydrogens is 515 g/mol. The number of carbonyl (C=O) groups is 2. The molecule has 11 heteroatoms. The Morgan fingerprint density at radius 3 is 2.53 bits per heavy atom. The summed E-state index contributed by atoms with van der Waals surface area (Å²) in [4.78, 5) is 31.6. The summed E-state index contributed by atoms with van der Waals surface area (Å²) in [6, 6.07) is 3.98. The van der Waals surface area contributed by atoms with Crippen molar-refractivity contribution in [3.63, 3.8) is 0 Å². The minimum absolute atomic E-state index is 0.0241. The molecule has 9 nitrogen and oxygen atoms in total. The molecule has 38 heavy (non-hydrogen) atoms. The van der Waals surface area contributed by atoms with Crippen LogP contribution in [0.25, 0.3) is 0 Å². The van der Waals surface area contributed by atoms with Crippen molar-refractivity contribution in [3.8, 4) is 5.75 Å². The van der Waals surface area contributed by atoms with Crippen LogP contribution in [0.1, 0.15) is 77.6 Å². The lowest BCUT2D eigenvalue weighted by atomic mass is 9.60. The Kier molecular flexibility index (Phi) is 7.90. The number of fused-ring (bicyclic) bond motifs is 3. The Morgan fingerprint density at radius 1 is 1.16 bits per heavy atom. The molecule has 5 fully saturated rings. The average Bonchev–Trinajstić information content (AvgIpc) is 3.10. The molecule has 4 saturated carbocycles. The molecule has 0 aromatic heterocycles. The Bertz CT molecular complexity index is 1040. The van der Waals surface area contributed by atoms with Crippen molar-refractivity contribution in [1.82, 2.24) is 21.4 Å². The second kappa shape index (κ2) is 10.9. The van der Waals surface area contributed by atoms with Crippen molar-refractivity contribution >= 4 is 23.4 Å². The molecule has 2 unspecified atom stereocenters. The first-order valence-electron chi connectivity index (χ1n) is 13.7. The zero-order chi connectivity index (χ0) is 27.0. The molecule has 6 rings (SSSR count). The molecule has 5 aliphatic rings. The van der Waals surface area contributed by atoms with E-state index in [1.54, 1.807) is 0 Å². The van der Waals surface area contributed by atoms with Gasteiger partial charge in [0.25, 0.3) is 11.8 Å². The topological polar surface area (TPSA) is 121 Å². The summed E-state index contributed by atoms with van der Waals surface area (Å²) < 4.78 is 19.0. The Hall–Kier alpha value is -1.98. The predicted molar refractivity (Wildman–Crippen MR) is 138 cm³/mol. The molecule has 4 aliphatic carbocycles. The summed E-state index contributed by atoms with van der Waals surface area (Å²) in [7, 11) is 0. The maximum absolute atomic E-state index is 13.6. The van der Waals surface area contributed by atoms with E-state index in [1.807, 2.05) is 0 Å². The second-order valence-electron chi connectivity index (χ2n) is 11.7. The molecule has 2 amide bonds. The third kappa shape index (κ3) is 5.65. The van der Waals surface area contributed by atoms with Gasteiger partial charge < -0.3 is 20.5 Å². The van der Waals surface area contributed by atoms with Crippen LogP contribution in [0.5, 0.6) is 5.75 Å². The number of halogens is 2. The van der Waals surface area contributed by atoms with Gasteiger partial charge in [-0.2, -0.15) is 5.48 Å². The third-order valence-corrected chi connectivity index (χ3v) is 9.40. The molecule has 1 heterocycles. The third-order valence-electron chi connectivity index (χ3n) is 9.09. The SMILES string of the molecule is CC1(C2CCCCCC2)NOC(C(=O)NC23CCC(NC(=O)COc4ccc(Cl)c(F)c4)(CC2)[C@@H](O)C3)N1. The minimum atomic E-state index is -0.825. The van der Waals surface area contributed by atoms with Crippen molar-refractivity contribution in [2.45, 2.75) is 107 Å². The molecule has 1 aromatic rings. The van der Waals surface area contributed by atoms with E-state index in [4.69, 9.17) is 21.2 Å². The molecule has 210 valence electrons. The number of amides is 2. The first kappa shape index (κ1) is 27.6. The Labute approximate surface area is 227 Å². The van der Waals surface area contributed by atoms with Crippen LogP contribution in [0.15, 0.2) is 18.2 Å². The van der Waals surface area contributed by atoms with E-state index < -0.39 is 40.8 Å². The van der Waals surface area contributed by atoms with Crippen LogP contribution in [0.4, 0.5) is 4.39 Å². The first-order chi connectivity index (χ1) is 18.1. The standard InChI is InChI=1S/C27H38ClFN4O5/c1-25(17-6-4-2-3-5-7-17)32-24(38-33-25)23(36)31-26-10-12-27(13-11-26,21(34)15-26)30-22(35)16-37-18-8-9-19(28)20(29)14-18/h8-9,14,17,21,24,32-34H,2-7,10-13,15-16H2,1H3,(H,30,35)(H,31,36)/t21-,24?,25?,26?,27?/m0/s1. The van der Waals surface area contributed by atoms with E-state index >= 15 is 0 Å². The van der Waals surface area contributed by atoms with Crippen LogP contribution in [0.3, 0.4) is 0 Å². The van der Waals surface area contributed by atoms with Gasteiger partial charge in [-0.05, 0) is 69.9 Å². The summed E-state index contributed by atoms with van der Waals surface area (Å²) in [5, 5.41) is 20.5. The number of benzene rings is 1. The number of hydrogen-bond acceptors (Lipinski definition) is 7. The smallest absolute Gasteiger partial charge is 0.266 e. The van der Waals surface area contributed by atoms with Gasteiger partial charge in [0.2, 0.25) is 6.23 Å². The van der Waals surface area contributed by atoms with Crippen molar-refractivity contribution in [3.05, 3.63) is 29.0 Å². The van der Waals surface area contributed by atoms with E-state index in [-0.39, 0.29) is 23.3 Å². The van der Waals surface area contributed by atoms with Crippen LogP contribution < -0.4 is 26.2 Å². The summed E-state index contributed by atoms with van der Waals surface area (Å²) in [5.41, 5.74) is 1.31. The van der Waals surface area contributed by atoms with Crippen LogP contribution >= 0.6 is 11.6 Å². The highest BCUT2D eigenvalue weighted by Crippen LogP contribution is 2.47. The fourth-order valence-electron chi connectivity index (χ4n) is 6.71. The fourth-order valence-corrected chi connectivity index (χ4v) is 6.83. The molecule has 5 N–H and O–H groups in total. The lowest BCUT2D eigenvalue weighted by molar-refractivity contribution is -0.143. The predicted octanol–water partition coefficient (Wildman–Crippen LogP) is 3.04. The van der Waals surface area contributed by atoms with Gasteiger partial charge in [-0.1, -0.05) is 37.3 Å². The molecule has 0 radical (unpaired) electrons. The first-order valence-corrected chi connectivity index (χ1v) is 14.1. The van der Waals surface area contributed by atoms with Crippen LogP contribution in [0, 0.1) is 11.7 Å². The highest BCUT2D eigenvalue weighted by Gasteiger charge is 2.56. The number of rotatable bonds is 7. The van der Waals surface area contributed by atoms with E-state index in [0.29, 0.717) is 38.0 Å². The molecule has 3 atom stereocenters. The number of hydrogen-bond donors (Lipinski definition) is 5. The van der Waals surface area contributed by atoms with Gasteiger partial charge in [0.15, 0.2) is 6.61 Å². The zero-order valence-corrected chi connectivity index (χ0v) is 22.5. The Balaban J connectivity index is 1.13. The van der Waals surface area contributed by atoms with Gasteiger partial charge in [-0.15, -0.1) is 0 Å². The number of carbonyl (C=O) groups excluding carboxylic acids is 2. The summed E-state index contributed by atoms with van der Waals surface area (Å²) in [5.74, 6) is -0.686. The van der Waals surface area contributed by atoms with Crippen molar-refractivity contribution in [2.24, 2.45) is 5.92 Å². The summed E-state index contributed by atoms with van der Waals surface area (Å²) in [6.07, 6.45) is 8.06. The lowest BCUT2D eigenvalue weighted by Gasteiger charge is -2.56. The van der Waals surface area contributed by atoms with Gasteiger partial charge in [0.05, 0.1) is 22.3 Å². The number of aliphatic hydroxyl groups is 1. The lowest BCUT2D eigenvalue weighted by Crippen LogP contribution is -2.71. The van der Waals surface area contributed by atoms with Gasteiger partial charge in [0, 0.05) is 11.6 Å². The normalized spacial score (nSPS) is 35.5. The molecule has 1 aliphatic heterocycles. The number of nitrogens with one attached hydrogen (secondary N) is 4. The van der Waals surface area contributed by atoms with E-state index in [9.17, 15) is 19.1 Å². The van der Waals surface area contributed by atoms with Gasteiger partial charge in [0.1, 0.15) is 11.6 Å². The van der Waals surface area contributed by atoms with Crippen LogP contribution in [0.2, 0.25) is 5.02 Å². The van der Waals surface area contributed by atoms with Crippen LogP contribution in [-0.4, -0.2) is 52.6 Å². The van der Waals surface area contributed by atoms with Crippen molar-refractivity contribution in [1.29, 1.82) is 0 Å². The average molecular weight is 553 g/mol. The van der Waals surface area contributed by atoms with E-state index in [0.717, 1.165) is 18.9 Å². The fraction of sp³-hybridized carbons (Fsp3) is 0.704. The van der Waals surface area contributed by atoms with Gasteiger partial charge in [-0.25, -0.2) is 4.39 Å². The maximum Gasteiger partial charge on any atom is 0.266 e. The summed E-state index contributed by atoms with van der Waals surface area (Å²) >= 11 is 5.68. The quantitative estimate of drug-likeness (QED) is 0.330.